The Kier molecular flexibility index (Phi) is 4.92. The van der Waals surface area contributed by atoms with Crippen molar-refractivity contribution in [2.24, 2.45) is 5.92 Å². The number of hydrogen-bond donors (Lipinski definition) is 3. The highest BCUT2D eigenvalue weighted by Crippen LogP contribution is 2.26. The maximum absolute atomic E-state index is 12.8. The molecular formula is C22H23N3O2. The van der Waals surface area contributed by atoms with Gasteiger partial charge in [-0.15, -0.1) is 0 Å². The molecular weight excluding hydrogens is 338 g/mol. The van der Waals surface area contributed by atoms with Gasteiger partial charge in [-0.05, 0) is 48.6 Å². The number of para-hydroxylation sites is 1. The van der Waals surface area contributed by atoms with E-state index in [1.807, 2.05) is 36.5 Å². The number of nitrogens with one attached hydrogen (secondary N) is 3. The van der Waals surface area contributed by atoms with Crippen molar-refractivity contribution in [2.75, 3.05) is 10.6 Å². The monoisotopic (exact) mass is 361 g/mol. The lowest BCUT2D eigenvalue weighted by molar-refractivity contribution is -0.120. The second-order valence-corrected chi connectivity index (χ2v) is 7.10. The summed E-state index contributed by atoms with van der Waals surface area (Å²) in [6, 6.07) is 14.9. The number of benzene rings is 2. The average molecular weight is 361 g/mol. The van der Waals surface area contributed by atoms with Crippen molar-refractivity contribution in [3.05, 3.63) is 60.3 Å². The molecule has 1 saturated carbocycles. The molecule has 3 aromatic rings. The zero-order chi connectivity index (χ0) is 18.6. The van der Waals surface area contributed by atoms with Crippen LogP contribution in [0.15, 0.2) is 54.7 Å². The van der Waals surface area contributed by atoms with Gasteiger partial charge in [-0.2, -0.15) is 0 Å². The number of hydrogen-bond acceptors (Lipinski definition) is 2. The second-order valence-electron chi connectivity index (χ2n) is 7.10. The number of aromatic amines is 1. The van der Waals surface area contributed by atoms with Gasteiger partial charge in [-0.3, -0.25) is 9.59 Å². The number of fused-ring (bicyclic) bond motifs is 1. The highest BCUT2D eigenvalue weighted by Gasteiger charge is 2.22. The van der Waals surface area contributed by atoms with E-state index in [1.165, 1.54) is 6.42 Å². The van der Waals surface area contributed by atoms with Crippen LogP contribution in [0.1, 0.15) is 42.5 Å². The van der Waals surface area contributed by atoms with Crippen molar-refractivity contribution in [1.82, 2.24) is 4.98 Å². The quantitative estimate of drug-likeness (QED) is 0.616. The van der Waals surface area contributed by atoms with E-state index in [0.717, 1.165) is 36.6 Å². The molecule has 138 valence electrons. The summed E-state index contributed by atoms with van der Waals surface area (Å²) in [5.74, 6) is -0.173. The zero-order valence-corrected chi connectivity index (χ0v) is 15.1. The van der Waals surface area contributed by atoms with E-state index < -0.39 is 0 Å². The lowest BCUT2D eigenvalue weighted by Gasteiger charge is -2.21. The molecule has 0 saturated heterocycles. The van der Waals surface area contributed by atoms with Gasteiger partial charge in [0, 0.05) is 23.3 Å². The number of anilines is 2. The maximum atomic E-state index is 12.8. The van der Waals surface area contributed by atoms with Gasteiger partial charge >= 0.3 is 0 Å². The standard InChI is InChI=1S/C22H23N3O2/c26-21(16-6-2-1-3-7-16)25-19-9-5-4-8-18(19)22(27)24-17-11-10-15-12-13-23-20(15)14-17/h4-5,8-14,16,23H,1-3,6-7H2,(H,24,27)(H,25,26). The molecule has 2 amide bonds. The summed E-state index contributed by atoms with van der Waals surface area (Å²) < 4.78 is 0. The molecule has 1 aromatic heterocycles. The Hall–Kier alpha value is -3.08. The zero-order valence-electron chi connectivity index (χ0n) is 15.1. The molecule has 3 N–H and O–H groups in total. The molecule has 1 heterocycles. The SMILES string of the molecule is O=C(Nc1ccc2cc[nH]c2c1)c1ccccc1NC(=O)C1CCCCC1. The molecule has 0 radical (unpaired) electrons. The van der Waals surface area contributed by atoms with Crippen LogP contribution < -0.4 is 10.6 Å². The van der Waals surface area contributed by atoms with Crippen LogP contribution in [0.4, 0.5) is 11.4 Å². The first kappa shape index (κ1) is 17.3. The fourth-order valence-corrected chi connectivity index (χ4v) is 3.71. The summed E-state index contributed by atoms with van der Waals surface area (Å²) >= 11 is 0. The molecule has 4 rings (SSSR count). The summed E-state index contributed by atoms with van der Waals surface area (Å²) in [6.45, 7) is 0. The Balaban J connectivity index is 1.50. The van der Waals surface area contributed by atoms with E-state index in [1.54, 1.807) is 18.2 Å². The van der Waals surface area contributed by atoms with Crippen LogP contribution in [-0.2, 0) is 4.79 Å². The van der Waals surface area contributed by atoms with Crippen LogP contribution in [0.5, 0.6) is 0 Å². The smallest absolute Gasteiger partial charge is 0.257 e. The Bertz CT molecular complexity index is 970. The number of H-pyrrole nitrogens is 1. The first-order valence-corrected chi connectivity index (χ1v) is 9.49. The number of amides is 2. The summed E-state index contributed by atoms with van der Waals surface area (Å²) in [7, 11) is 0. The predicted molar refractivity (Wildman–Crippen MR) is 108 cm³/mol. The van der Waals surface area contributed by atoms with Crippen molar-refractivity contribution in [2.45, 2.75) is 32.1 Å². The van der Waals surface area contributed by atoms with Gasteiger partial charge in [0.25, 0.3) is 5.91 Å². The van der Waals surface area contributed by atoms with Crippen molar-refractivity contribution in [3.8, 4) is 0 Å². The third kappa shape index (κ3) is 3.87. The van der Waals surface area contributed by atoms with Crippen LogP contribution in [0.3, 0.4) is 0 Å². The molecule has 1 aliphatic carbocycles. The molecule has 1 fully saturated rings. The molecule has 27 heavy (non-hydrogen) atoms. The Morgan fingerprint density at radius 3 is 2.59 bits per heavy atom. The van der Waals surface area contributed by atoms with Crippen LogP contribution >= 0.6 is 0 Å². The van der Waals surface area contributed by atoms with E-state index in [-0.39, 0.29) is 17.7 Å². The van der Waals surface area contributed by atoms with Gasteiger partial charge in [0.2, 0.25) is 5.91 Å². The first-order valence-electron chi connectivity index (χ1n) is 9.49. The largest absolute Gasteiger partial charge is 0.361 e. The minimum atomic E-state index is -0.236. The van der Waals surface area contributed by atoms with Crippen molar-refractivity contribution >= 4 is 34.1 Å². The highest BCUT2D eigenvalue weighted by atomic mass is 16.2. The lowest BCUT2D eigenvalue weighted by atomic mass is 9.88. The third-order valence-electron chi connectivity index (χ3n) is 5.22. The third-order valence-corrected chi connectivity index (χ3v) is 5.22. The number of rotatable bonds is 4. The highest BCUT2D eigenvalue weighted by molar-refractivity contribution is 6.10. The molecule has 5 nitrogen and oxygen atoms in total. The van der Waals surface area contributed by atoms with Gasteiger partial charge in [0.15, 0.2) is 0 Å². The van der Waals surface area contributed by atoms with Crippen LogP contribution in [0.2, 0.25) is 0 Å². The number of aromatic nitrogens is 1. The molecule has 5 heteroatoms. The topological polar surface area (TPSA) is 74.0 Å². The Labute approximate surface area is 158 Å². The normalized spacial score (nSPS) is 14.8. The first-order chi connectivity index (χ1) is 13.2. The van der Waals surface area contributed by atoms with E-state index in [2.05, 4.69) is 15.6 Å². The fraction of sp³-hybridized carbons (Fsp3) is 0.273. The summed E-state index contributed by atoms with van der Waals surface area (Å²) in [5, 5.41) is 6.98. The van der Waals surface area contributed by atoms with Gasteiger partial charge in [0.1, 0.15) is 0 Å². The van der Waals surface area contributed by atoms with Crippen molar-refractivity contribution < 1.29 is 9.59 Å². The van der Waals surface area contributed by atoms with E-state index in [4.69, 9.17) is 0 Å². The van der Waals surface area contributed by atoms with Crippen LogP contribution in [-0.4, -0.2) is 16.8 Å². The molecule has 0 atom stereocenters. The average Bonchev–Trinajstić information content (AvgIpc) is 3.17. The fourth-order valence-electron chi connectivity index (χ4n) is 3.71. The van der Waals surface area contributed by atoms with E-state index in [9.17, 15) is 9.59 Å². The lowest BCUT2D eigenvalue weighted by Crippen LogP contribution is -2.26. The summed E-state index contributed by atoms with van der Waals surface area (Å²) in [4.78, 5) is 28.5. The van der Waals surface area contributed by atoms with Crippen LogP contribution in [0.25, 0.3) is 10.9 Å². The molecule has 0 unspecified atom stereocenters. The molecule has 2 aromatic carbocycles. The Morgan fingerprint density at radius 2 is 1.74 bits per heavy atom. The molecule has 0 bridgehead atoms. The molecule has 0 spiro atoms. The van der Waals surface area contributed by atoms with Gasteiger partial charge in [-0.1, -0.05) is 37.5 Å². The maximum Gasteiger partial charge on any atom is 0.257 e. The predicted octanol–water partition coefficient (Wildman–Crippen LogP) is 4.94. The van der Waals surface area contributed by atoms with Gasteiger partial charge in [0.05, 0.1) is 11.3 Å². The van der Waals surface area contributed by atoms with Crippen LogP contribution in [0, 0.1) is 5.92 Å². The van der Waals surface area contributed by atoms with Crippen molar-refractivity contribution in [1.29, 1.82) is 0 Å². The van der Waals surface area contributed by atoms with Crippen molar-refractivity contribution in [3.63, 3.8) is 0 Å². The molecule has 1 aliphatic rings. The number of carbonyl (C=O) groups is 2. The minimum Gasteiger partial charge on any atom is -0.361 e. The van der Waals surface area contributed by atoms with Gasteiger partial charge < -0.3 is 15.6 Å². The Morgan fingerprint density at radius 1 is 0.926 bits per heavy atom. The minimum absolute atomic E-state index is 0.0164. The van der Waals surface area contributed by atoms with E-state index in [0.29, 0.717) is 16.9 Å². The molecule has 0 aliphatic heterocycles. The van der Waals surface area contributed by atoms with E-state index >= 15 is 0 Å². The second kappa shape index (κ2) is 7.66. The van der Waals surface area contributed by atoms with Gasteiger partial charge in [-0.25, -0.2) is 0 Å². The summed E-state index contributed by atoms with van der Waals surface area (Å²) in [5.41, 5.74) is 2.70. The number of carbonyl (C=O) groups excluding carboxylic acids is 2. The summed E-state index contributed by atoms with van der Waals surface area (Å²) in [6.07, 6.45) is 7.12.